The number of carbonyl (C=O) groups excluding carboxylic acids is 2. The van der Waals surface area contributed by atoms with Crippen LogP contribution in [0.2, 0.25) is 0 Å². The quantitative estimate of drug-likeness (QED) is 0.871. The first-order chi connectivity index (χ1) is 11.5. The molecule has 1 aromatic heterocycles. The van der Waals surface area contributed by atoms with Gasteiger partial charge >= 0.3 is 0 Å². The van der Waals surface area contributed by atoms with Crippen molar-refractivity contribution in [3.8, 4) is 11.3 Å². The van der Waals surface area contributed by atoms with Gasteiger partial charge in [-0.1, -0.05) is 28.1 Å². The van der Waals surface area contributed by atoms with E-state index in [0.29, 0.717) is 11.4 Å². The number of benzene rings is 1. The second-order valence-corrected chi connectivity index (χ2v) is 6.84. The number of halogens is 1. The molecule has 24 heavy (non-hydrogen) atoms. The van der Waals surface area contributed by atoms with Gasteiger partial charge in [0.2, 0.25) is 5.91 Å². The number of nitrogens with one attached hydrogen (secondary N) is 1. The zero-order valence-electron chi connectivity index (χ0n) is 13.5. The Kier molecular flexibility index (Phi) is 4.99. The van der Waals surface area contributed by atoms with Crippen molar-refractivity contribution >= 4 is 27.7 Å². The smallest absolute Gasteiger partial charge is 0.272 e. The monoisotopic (exact) mass is 390 g/mol. The molecule has 0 radical (unpaired) electrons. The Balaban J connectivity index is 1.66. The van der Waals surface area contributed by atoms with E-state index in [1.54, 1.807) is 13.1 Å². The number of carbonyl (C=O) groups is 2. The summed E-state index contributed by atoms with van der Waals surface area (Å²) in [5.41, 5.74) is 2.00. The SMILES string of the molecule is CN(CC(=O)N1CCCC1)C(=O)c1cc(-c2ccc(Br)cc2)n[nH]1. The number of hydrogen-bond acceptors (Lipinski definition) is 3. The fourth-order valence-electron chi connectivity index (χ4n) is 2.75. The molecule has 1 fully saturated rings. The highest BCUT2D eigenvalue weighted by Gasteiger charge is 2.22. The van der Waals surface area contributed by atoms with Gasteiger partial charge in [0.1, 0.15) is 5.69 Å². The zero-order chi connectivity index (χ0) is 17.1. The van der Waals surface area contributed by atoms with Gasteiger partial charge in [0.05, 0.1) is 12.2 Å². The van der Waals surface area contributed by atoms with Gasteiger partial charge in [0.15, 0.2) is 0 Å². The molecule has 0 unspecified atom stereocenters. The minimum absolute atomic E-state index is 0.00371. The van der Waals surface area contributed by atoms with Crippen molar-refractivity contribution in [3.63, 3.8) is 0 Å². The number of H-pyrrole nitrogens is 1. The summed E-state index contributed by atoms with van der Waals surface area (Å²) in [6.07, 6.45) is 2.08. The lowest BCUT2D eigenvalue weighted by molar-refractivity contribution is -0.130. The first-order valence-corrected chi connectivity index (χ1v) is 8.68. The third kappa shape index (κ3) is 3.67. The van der Waals surface area contributed by atoms with Crippen LogP contribution in [0.15, 0.2) is 34.8 Å². The summed E-state index contributed by atoms with van der Waals surface area (Å²) >= 11 is 3.39. The van der Waals surface area contributed by atoms with Crippen molar-refractivity contribution in [3.05, 3.63) is 40.5 Å². The highest BCUT2D eigenvalue weighted by atomic mass is 79.9. The number of nitrogens with zero attached hydrogens (tertiary/aromatic N) is 3. The van der Waals surface area contributed by atoms with E-state index in [4.69, 9.17) is 0 Å². The molecule has 1 aliphatic rings. The van der Waals surface area contributed by atoms with Gasteiger partial charge in [-0.05, 0) is 31.0 Å². The Morgan fingerprint density at radius 3 is 2.58 bits per heavy atom. The number of hydrogen-bond donors (Lipinski definition) is 1. The molecular weight excluding hydrogens is 372 g/mol. The average molecular weight is 391 g/mol. The van der Waals surface area contributed by atoms with Crippen LogP contribution in [-0.4, -0.2) is 58.5 Å². The van der Waals surface area contributed by atoms with Gasteiger partial charge in [-0.3, -0.25) is 14.7 Å². The summed E-state index contributed by atoms with van der Waals surface area (Å²) < 4.78 is 0.984. The minimum atomic E-state index is -0.238. The van der Waals surface area contributed by atoms with Crippen LogP contribution >= 0.6 is 15.9 Å². The molecule has 0 atom stereocenters. The van der Waals surface area contributed by atoms with Crippen LogP contribution in [0.25, 0.3) is 11.3 Å². The van der Waals surface area contributed by atoms with E-state index >= 15 is 0 Å². The van der Waals surface area contributed by atoms with Crippen LogP contribution in [-0.2, 0) is 4.79 Å². The summed E-state index contributed by atoms with van der Waals surface area (Å²) in [6, 6.07) is 9.41. The number of aromatic nitrogens is 2. The molecule has 126 valence electrons. The highest BCUT2D eigenvalue weighted by Crippen LogP contribution is 2.21. The number of amides is 2. The van der Waals surface area contributed by atoms with Crippen molar-refractivity contribution in [1.29, 1.82) is 0 Å². The maximum absolute atomic E-state index is 12.5. The fraction of sp³-hybridized carbons (Fsp3) is 0.353. The zero-order valence-corrected chi connectivity index (χ0v) is 15.0. The lowest BCUT2D eigenvalue weighted by Crippen LogP contribution is -2.39. The summed E-state index contributed by atoms with van der Waals surface area (Å²) in [5, 5.41) is 6.96. The maximum atomic E-state index is 12.5. The number of likely N-dealkylation sites (N-methyl/N-ethyl adjacent to an activating group) is 1. The first kappa shape index (κ1) is 16.7. The molecule has 0 spiro atoms. The van der Waals surface area contributed by atoms with Crippen molar-refractivity contribution in [1.82, 2.24) is 20.0 Å². The predicted octanol–water partition coefficient (Wildman–Crippen LogP) is 2.53. The fourth-order valence-corrected chi connectivity index (χ4v) is 3.01. The van der Waals surface area contributed by atoms with E-state index in [9.17, 15) is 9.59 Å². The molecule has 2 amide bonds. The van der Waals surface area contributed by atoms with Crippen LogP contribution < -0.4 is 0 Å². The molecule has 0 saturated carbocycles. The molecule has 1 aromatic carbocycles. The van der Waals surface area contributed by atoms with Gasteiger partial charge in [-0.25, -0.2) is 0 Å². The number of rotatable bonds is 4. The Bertz CT molecular complexity index is 735. The first-order valence-electron chi connectivity index (χ1n) is 7.89. The van der Waals surface area contributed by atoms with E-state index in [-0.39, 0.29) is 18.4 Å². The lowest BCUT2D eigenvalue weighted by atomic mass is 10.1. The lowest BCUT2D eigenvalue weighted by Gasteiger charge is -2.20. The molecule has 1 saturated heterocycles. The molecule has 0 bridgehead atoms. The molecule has 1 aliphatic heterocycles. The highest BCUT2D eigenvalue weighted by molar-refractivity contribution is 9.10. The van der Waals surface area contributed by atoms with E-state index in [1.807, 2.05) is 29.2 Å². The van der Waals surface area contributed by atoms with E-state index in [2.05, 4.69) is 26.1 Å². The summed E-state index contributed by atoms with van der Waals surface area (Å²) in [6.45, 7) is 1.67. The van der Waals surface area contributed by atoms with Gasteiger partial charge < -0.3 is 9.80 Å². The normalized spacial score (nSPS) is 14.0. The Morgan fingerprint density at radius 2 is 1.92 bits per heavy atom. The second-order valence-electron chi connectivity index (χ2n) is 5.92. The predicted molar refractivity (Wildman–Crippen MR) is 94.5 cm³/mol. The molecule has 2 aromatic rings. The Labute approximate surface area is 149 Å². The van der Waals surface area contributed by atoms with Gasteiger partial charge in [-0.15, -0.1) is 0 Å². The maximum Gasteiger partial charge on any atom is 0.272 e. The standard InChI is InChI=1S/C17H19BrN4O2/c1-21(11-16(23)22-8-2-3-9-22)17(24)15-10-14(19-20-15)12-4-6-13(18)7-5-12/h4-7,10H,2-3,8-9,11H2,1H3,(H,19,20). The number of aromatic amines is 1. The van der Waals surface area contributed by atoms with Gasteiger partial charge in [0, 0.05) is 30.2 Å². The summed E-state index contributed by atoms with van der Waals surface area (Å²) in [4.78, 5) is 27.9. The topological polar surface area (TPSA) is 69.3 Å². The van der Waals surface area contributed by atoms with E-state index < -0.39 is 0 Å². The van der Waals surface area contributed by atoms with Gasteiger partial charge in [0.25, 0.3) is 5.91 Å². The third-order valence-electron chi connectivity index (χ3n) is 4.13. The van der Waals surface area contributed by atoms with Crippen molar-refractivity contribution in [2.24, 2.45) is 0 Å². The molecule has 7 heteroatoms. The molecule has 3 rings (SSSR count). The van der Waals surface area contributed by atoms with Crippen LogP contribution in [0.1, 0.15) is 23.3 Å². The van der Waals surface area contributed by atoms with E-state index in [1.165, 1.54) is 4.90 Å². The van der Waals surface area contributed by atoms with Gasteiger partial charge in [-0.2, -0.15) is 5.10 Å². The molecular formula is C17H19BrN4O2. The molecule has 1 N–H and O–H groups in total. The number of likely N-dealkylation sites (tertiary alicyclic amines) is 1. The van der Waals surface area contributed by atoms with Crippen LogP contribution in [0.4, 0.5) is 0 Å². The van der Waals surface area contributed by atoms with Crippen LogP contribution in [0, 0.1) is 0 Å². The Morgan fingerprint density at radius 1 is 1.25 bits per heavy atom. The molecule has 2 heterocycles. The van der Waals surface area contributed by atoms with Crippen LogP contribution in [0.5, 0.6) is 0 Å². The Hall–Kier alpha value is -2.15. The van der Waals surface area contributed by atoms with E-state index in [0.717, 1.165) is 36.0 Å². The average Bonchev–Trinajstić information content (AvgIpc) is 3.26. The largest absolute Gasteiger partial charge is 0.341 e. The molecule has 0 aliphatic carbocycles. The minimum Gasteiger partial charge on any atom is -0.341 e. The second kappa shape index (κ2) is 7.17. The molecule has 6 nitrogen and oxygen atoms in total. The van der Waals surface area contributed by atoms with Crippen LogP contribution in [0.3, 0.4) is 0 Å². The summed E-state index contributed by atoms with van der Waals surface area (Å²) in [7, 11) is 1.64. The van der Waals surface area contributed by atoms with Crippen molar-refractivity contribution in [2.45, 2.75) is 12.8 Å². The summed E-state index contributed by atoms with van der Waals surface area (Å²) in [5.74, 6) is -0.241. The van der Waals surface area contributed by atoms with Crippen molar-refractivity contribution < 1.29 is 9.59 Å². The van der Waals surface area contributed by atoms with Crippen molar-refractivity contribution in [2.75, 3.05) is 26.7 Å². The third-order valence-corrected chi connectivity index (χ3v) is 4.65.